The van der Waals surface area contributed by atoms with Gasteiger partial charge in [-0.3, -0.25) is 9.59 Å². The van der Waals surface area contributed by atoms with Crippen LogP contribution in [-0.4, -0.2) is 66.1 Å². The lowest BCUT2D eigenvalue weighted by Gasteiger charge is -2.46. The normalized spacial score (nSPS) is 24.2. The number of hydrogen-bond acceptors (Lipinski definition) is 11. The van der Waals surface area contributed by atoms with E-state index in [2.05, 4.69) is 19.8 Å². The van der Waals surface area contributed by atoms with Gasteiger partial charge in [-0.1, -0.05) is 11.2 Å². The Balaban J connectivity index is 1.56. The van der Waals surface area contributed by atoms with Crippen molar-refractivity contribution in [3.63, 3.8) is 0 Å². The molecule has 2 atom stereocenters. The number of carbonyl (C=O) groups excluding carboxylic acids is 3. The largest absolute Gasteiger partial charge is 0.457 e. The van der Waals surface area contributed by atoms with Crippen LogP contribution >= 0.6 is 23.3 Å². The van der Waals surface area contributed by atoms with E-state index in [1.54, 1.807) is 43.6 Å². The molecule has 0 bridgehead atoms. The van der Waals surface area contributed by atoms with E-state index in [1.807, 2.05) is 6.08 Å². The molecule has 13 heteroatoms. The summed E-state index contributed by atoms with van der Waals surface area (Å²) in [4.78, 5) is 49.8. The van der Waals surface area contributed by atoms with Crippen LogP contribution in [0.2, 0.25) is 0 Å². The van der Waals surface area contributed by atoms with Crippen molar-refractivity contribution in [1.82, 2.24) is 19.6 Å². The molecule has 3 heterocycles. The molecule has 0 spiro atoms. The molecule has 3 aliphatic rings. The number of carbonyl (C=O) groups is 3. The number of nitrogen functional groups attached to an aromatic ring is 1. The molecular weight excluding hydrogens is 468 g/mol. The molecule has 0 radical (unpaired) electrons. The highest BCUT2D eigenvalue weighted by atomic mass is 32.2. The van der Waals surface area contributed by atoms with Crippen LogP contribution in [0.15, 0.2) is 17.4 Å². The number of nitrogens with two attached hydrogens (primary N) is 1. The number of hydrogen-bond donors (Lipinski definition) is 2. The zero-order valence-electron chi connectivity index (χ0n) is 18.6. The molecule has 1 unspecified atom stereocenters. The second-order valence-electron chi connectivity index (χ2n) is 9.00. The lowest BCUT2D eigenvalue weighted by atomic mass is 10.0. The van der Waals surface area contributed by atoms with Gasteiger partial charge in [-0.15, -0.1) is 11.8 Å². The molecule has 1 aliphatic carbocycles. The van der Waals surface area contributed by atoms with Gasteiger partial charge in [-0.25, -0.2) is 4.79 Å². The van der Waals surface area contributed by atoms with Gasteiger partial charge in [0.15, 0.2) is 5.13 Å². The summed E-state index contributed by atoms with van der Waals surface area (Å²) < 4.78 is 9.62. The molecule has 1 aromatic heterocycles. The molecule has 1 aromatic rings. The summed E-state index contributed by atoms with van der Waals surface area (Å²) in [6.07, 6.45) is 5.95. The van der Waals surface area contributed by atoms with Crippen LogP contribution in [0.3, 0.4) is 0 Å². The van der Waals surface area contributed by atoms with Crippen molar-refractivity contribution in [3.05, 3.63) is 18.1 Å². The van der Waals surface area contributed by atoms with E-state index in [1.165, 1.54) is 0 Å². The van der Waals surface area contributed by atoms with E-state index >= 15 is 0 Å². The maximum atomic E-state index is 13.1. The number of nitrogens with one attached hydrogen (secondary N) is 1. The van der Waals surface area contributed by atoms with Gasteiger partial charge in [-0.2, -0.15) is 9.36 Å². The summed E-state index contributed by atoms with van der Waals surface area (Å²) in [5.41, 5.74) is 3.45. The van der Waals surface area contributed by atoms with E-state index in [0.717, 1.165) is 30.1 Å². The topological polar surface area (TPSA) is 149 Å². The second-order valence-corrected chi connectivity index (χ2v) is 10.9. The molecule has 0 aromatic carbocycles. The Kier molecular flexibility index (Phi) is 6.36. The predicted molar refractivity (Wildman–Crippen MR) is 123 cm³/mol. The number of esters is 1. The number of β-lactam (4-membered cyclic amide) rings is 1. The fraction of sp³-hybridized carbons (Fsp3) is 0.600. The third-order valence-corrected chi connectivity index (χ3v) is 7.13. The molecule has 1 saturated carbocycles. The Hall–Kier alpha value is -2.67. The maximum Gasteiger partial charge on any atom is 0.353 e. The maximum absolute atomic E-state index is 13.1. The molecular formula is C20H26N6O5S2. The average Bonchev–Trinajstić information content (AvgIpc) is 3.41. The fourth-order valence-corrected chi connectivity index (χ4v) is 5.31. The van der Waals surface area contributed by atoms with Crippen molar-refractivity contribution < 1.29 is 24.0 Å². The summed E-state index contributed by atoms with van der Waals surface area (Å²) in [5.74, 6) is -0.723. The van der Waals surface area contributed by atoms with Crippen LogP contribution in [0.1, 0.15) is 52.3 Å². The third kappa shape index (κ3) is 4.83. The minimum atomic E-state index is -1.30. The highest BCUT2D eigenvalue weighted by molar-refractivity contribution is 8.00. The van der Waals surface area contributed by atoms with Gasteiger partial charge in [-0.05, 0) is 33.6 Å². The van der Waals surface area contributed by atoms with Crippen molar-refractivity contribution in [2.45, 2.75) is 69.1 Å². The Morgan fingerprint density at radius 2 is 2.06 bits per heavy atom. The van der Waals surface area contributed by atoms with Crippen LogP contribution < -0.4 is 11.1 Å². The summed E-state index contributed by atoms with van der Waals surface area (Å²) in [5, 5.41) is 6.69. The third-order valence-electron chi connectivity index (χ3n) is 5.36. The number of anilines is 1. The van der Waals surface area contributed by atoms with Crippen molar-refractivity contribution in [2.75, 3.05) is 11.5 Å². The number of amides is 2. The highest BCUT2D eigenvalue weighted by Gasteiger charge is 2.50. The van der Waals surface area contributed by atoms with E-state index in [9.17, 15) is 14.4 Å². The summed E-state index contributed by atoms with van der Waals surface area (Å²) in [6.45, 7) is 5.32. The number of ether oxygens (including phenoxy) is 1. The summed E-state index contributed by atoms with van der Waals surface area (Å²) in [7, 11) is 0. The molecule has 33 heavy (non-hydrogen) atoms. The van der Waals surface area contributed by atoms with Crippen molar-refractivity contribution >= 4 is 51.9 Å². The lowest BCUT2D eigenvalue weighted by molar-refractivity contribution is -0.183. The number of rotatable bonds is 6. The zero-order valence-corrected chi connectivity index (χ0v) is 20.2. The van der Waals surface area contributed by atoms with Crippen LogP contribution in [-0.2, 0) is 24.0 Å². The quantitative estimate of drug-likeness (QED) is 0.259. The number of fused-ring (bicyclic) bond motifs is 1. The van der Waals surface area contributed by atoms with Crippen LogP contribution in [0.5, 0.6) is 0 Å². The van der Waals surface area contributed by atoms with Gasteiger partial charge in [0.2, 0.25) is 17.1 Å². The SMILES string of the molecule is CC(C)(C)OC(=O)C1(ON=C(C(=O)NC2C(=O)N3C=CCS[C@H]23)c2nsc(N)n2)CCCC1. The first-order valence-electron chi connectivity index (χ1n) is 10.6. The highest BCUT2D eigenvalue weighted by Crippen LogP contribution is 2.36. The van der Waals surface area contributed by atoms with E-state index in [4.69, 9.17) is 15.3 Å². The van der Waals surface area contributed by atoms with Crippen LogP contribution in [0.4, 0.5) is 5.13 Å². The Bertz CT molecular complexity index is 1010. The van der Waals surface area contributed by atoms with Gasteiger partial charge < -0.3 is 25.5 Å². The number of nitrogens with zero attached hydrogens (tertiary/aromatic N) is 4. The molecule has 2 aliphatic heterocycles. The minimum Gasteiger partial charge on any atom is -0.457 e. The lowest BCUT2D eigenvalue weighted by Crippen LogP contribution is -2.68. The molecule has 3 N–H and O–H groups in total. The zero-order chi connectivity index (χ0) is 23.8. The Labute approximate surface area is 199 Å². The van der Waals surface area contributed by atoms with Gasteiger partial charge in [0.25, 0.3) is 11.8 Å². The Morgan fingerprint density at radius 3 is 2.70 bits per heavy atom. The first-order valence-corrected chi connectivity index (χ1v) is 12.4. The second kappa shape index (κ2) is 8.93. The molecule has 2 amide bonds. The average molecular weight is 495 g/mol. The standard InChI is InChI=1S/C20H26N6O5S2/c1-19(2,3)30-17(29)20(7-4-5-8-20)31-24-11(13-23-18(21)33-25-13)14(27)22-12-15(28)26-9-6-10-32-16(12)26/h6,9,12,16H,4-5,7-8,10H2,1-3H3,(H,22,27)(H2,21,23,25)/t12?,16-/m1/s1. The number of thioether (sulfide) groups is 1. The van der Waals surface area contributed by atoms with Crippen molar-refractivity contribution in [3.8, 4) is 0 Å². The summed E-state index contributed by atoms with van der Waals surface area (Å²) in [6, 6.07) is -0.708. The first kappa shape index (κ1) is 23.5. The molecule has 11 nitrogen and oxygen atoms in total. The first-order chi connectivity index (χ1) is 15.6. The summed E-state index contributed by atoms with van der Waals surface area (Å²) >= 11 is 2.44. The van der Waals surface area contributed by atoms with Crippen LogP contribution in [0.25, 0.3) is 0 Å². The van der Waals surface area contributed by atoms with E-state index < -0.39 is 29.1 Å². The molecule has 2 fully saturated rings. The van der Waals surface area contributed by atoms with Gasteiger partial charge in [0.05, 0.1) is 0 Å². The van der Waals surface area contributed by atoms with Crippen molar-refractivity contribution in [1.29, 1.82) is 0 Å². The van der Waals surface area contributed by atoms with Crippen LogP contribution in [0, 0.1) is 0 Å². The molecule has 1 saturated heterocycles. The van der Waals surface area contributed by atoms with E-state index in [-0.39, 0.29) is 27.9 Å². The Morgan fingerprint density at radius 1 is 1.33 bits per heavy atom. The van der Waals surface area contributed by atoms with Gasteiger partial charge in [0, 0.05) is 36.3 Å². The monoisotopic (exact) mass is 494 g/mol. The number of oxime groups is 1. The predicted octanol–water partition coefficient (Wildman–Crippen LogP) is 1.41. The minimum absolute atomic E-state index is 0.0350. The van der Waals surface area contributed by atoms with E-state index in [0.29, 0.717) is 12.8 Å². The molecule has 4 rings (SSSR count). The fourth-order valence-electron chi connectivity index (χ4n) is 3.77. The van der Waals surface area contributed by atoms with Gasteiger partial charge in [0.1, 0.15) is 17.0 Å². The van der Waals surface area contributed by atoms with Gasteiger partial charge >= 0.3 is 5.97 Å². The molecule has 178 valence electrons. The number of aromatic nitrogens is 2. The smallest absolute Gasteiger partial charge is 0.353 e. The van der Waals surface area contributed by atoms with Crippen molar-refractivity contribution in [2.24, 2.45) is 5.16 Å².